The number of anilines is 1. The van der Waals surface area contributed by atoms with Crippen LogP contribution < -0.4 is 5.32 Å². The van der Waals surface area contributed by atoms with Gasteiger partial charge in [-0.15, -0.1) is 0 Å². The van der Waals surface area contributed by atoms with Crippen LogP contribution in [0.25, 0.3) is 0 Å². The van der Waals surface area contributed by atoms with Gasteiger partial charge in [-0.1, -0.05) is 0 Å². The fourth-order valence-corrected chi connectivity index (χ4v) is 1.66. The maximum Gasteiger partial charge on any atom is 0.354 e. The lowest BCUT2D eigenvalue weighted by Gasteiger charge is -1.98. The monoisotopic (exact) mass is 262 g/mol. The molecule has 2 heterocycles. The molecule has 100 valence electrons. The van der Waals surface area contributed by atoms with Crippen molar-refractivity contribution in [3.8, 4) is 0 Å². The van der Waals surface area contributed by atoms with Crippen LogP contribution in [0.2, 0.25) is 0 Å². The molecule has 0 saturated carbocycles. The molecule has 0 fully saturated rings. The lowest BCUT2D eigenvalue weighted by molar-refractivity contribution is 0.0590. The van der Waals surface area contributed by atoms with Crippen LogP contribution in [0.15, 0.2) is 18.5 Å². The molecule has 19 heavy (non-hydrogen) atoms. The number of carbonyl (C=O) groups is 2. The number of hydrogen-bond acceptors (Lipinski definition) is 4. The van der Waals surface area contributed by atoms with Crippen LogP contribution >= 0.6 is 0 Å². The van der Waals surface area contributed by atoms with Gasteiger partial charge in [0.1, 0.15) is 5.69 Å². The van der Waals surface area contributed by atoms with E-state index in [4.69, 9.17) is 0 Å². The average molecular weight is 262 g/mol. The molecule has 7 nitrogen and oxygen atoms in total. The number of amides is 1. The predicted octanol–water partition coefficient (Wildman–Crippen LogP) is 1.10. The molecule has 2 aromatic heterocycles. The molecule has 2 rings (SSSR count). The molecule has 0 bridgehead atoms. The van der Waals surface area contributed by atoms with Crippen molar-refractivity contribution in [1.29, 1.82) is 0 Å². The van der Waals surface area contributed by atoms with Crippen LogP contribution in [0, 0.1) is 6.92 Å². The van der Waals surface area contributed by atoms with E-state index in [9.17, 15) is 9.59 Å². The third-order valence-corrected chi connectivity index (χ3v) is 2.58. The first-order chi connectivity index (χ1) is 9.01. The van der Waals surface area contributed by atoms with E-state index in [1.807, 2.05) is 0 Å². The van der Waals surface area contributed by atoms with Gasteiger partial charge < -0.3 is 19.6 Å². The second-order valence-electron chi connectivity index (χ2n) is 4.06. The Morgan fingerprint density at radius 1 is 1.47 bits per heavy atom. The third-order valence-electron chi connectivity index (χ3n) is 2.58. The number of hydrogen-bond donors (Lipinski definition) is 2. The second-order valence-corrected chi connectivity index (χ2v) is 4.06. The molecular formula is C12H14N4O3. The van der Waals surface area contributed by atoms with Crippen LogP contribution in [0.4, 0.5) is 5.69 Å². The zero-order valence-corrected chi connectivity index (χ0v) is 10.9. The number of carbonyl (C=O) groups excluding carboxylic acids is 2. The number of aryl methyl sites for hydroxylation is 2. The fourth-order valence-electron chi connectivity index (χ4n) is 1.66. The molecule has 7 heteroatoms. The van der Waals surface area contributed by atoms with Gasteiger partial charge in [0.2, 0.25) is 0 Å². The second kappa shape index (κ2) is 4.97. The lowest BCUT2D eigenvalue weighted by Crippen LogP contribution is -2.13. The smallest absolute Gasteiger partial charge is 0.354 e. The van der Waals surface area contributed by atoms with Crippen molar-refractivity contribution in [3.05, 3.63) is 35.7 Å². The van der Waals surface area contributed by atoms with Crippen molar-refractivity contribution in [2.24, 2.45) is 7.05 Å². The van der Waals surface area contributed by atoms with Gasteiger partial charge in [0.15, 0.2) is 5.82 Å². The number of nitrogens with zero attached hydrogens (tertiary/aromatic N) is 2. The maximum absolute atomic E-state index is 11.9. The largest absolute Gasteiger partial charge is 0.464 e. The summed E-state index contributed by atoms with van der Waals surface area (Å²) < 4.78 is 6.21. The summed E-state index contributed by atoms with van der Waals surface area (Å²) >= 11 is 0. The van der Waals surface area contributed by atoms with Crippen LogP contribution in [0.5, 0.6) is 0 Å². The van der Waals surface area contributed by atoms with E-state index < -0.39 is 5.97 Å². The van der Waals surface area contributed by atoms with Crippen molar-refractivity contribution < 1.29 is 14.3 Å². The third kappa shape index (κ3) is 2.65. The highest BCUT2D eigenvalue weighted by Crippen LogP contribution is 2.14. The van der Waals surface area contributed by atoms with Crippen molar-refractivity contribution >= 4 is 17.6 Å². The quantitative estimate of drug-likeness (QED) is 0.810. The topological polar surface area (TPSA) is 89.0 Å². The summed E-state index contributed by atoms with van der Waals surface area (Å²) in [5, 5.41) is 2.65. The van der Waals surface area contributed by atoms with E-state index in [0.717, 1.165) is 5.69 Å². The van der Waals surface area contributed by atoms with E-state index in [1.165, 1.54) is 7.11 Å². The van der Waals surface area contributed by atoms with Gasteiger partial charge in [-0.3, -0.25) is 4.79 Å². The molecule has 0 spiro atoms. The summed E-state index contributed by atoms with van der Waals surface area (Å²) in [5.41, 5.74) is 1.59. The summed E-state index contributed by atoms with van der Waals surface area (Å²) in [6.07, 6.45) is 3.26. The Hall–Kier alpha value is -2.57. The summed E-state index contributed by atoms with van der Waals surface area (Å²) in [6.45, 7) is 1.78. The molecule has 0 atom stereocenters. The number of methoxy groups -OCH3 is 1. The number of ether oxygens (including phenoxy) is 1. The number of H-pyrrole nitrogens is 1. The summed E-state index contributed by atoms with van der Waals surface area (Å²) in [4.78, 5) is 30.1. The summed E-state index contributed by atoms with van der Waals surface area (Å²) in [5.74, 6) is -0.604. The van der Waals surface area contributed by atoms with Gasteiger partial charge in [-0.25, -0.2) is 9.78 Å². The SMILES string of the molecule is COC(=O)c1cc(NC(=O)c2nc(C)c[nH]2)cn1C. The number of esters is 1. The lowest BCUT2D eigenvalue weighted by atomic mass is 10.4. The zero-order valence-electron chi connectivity index (χ0n) is 10.9. The van der Waals surface area contributed by atoms with Gasteiger partial charge in [0, 0.05) is 19.4 Å². The van der Waals surface area contributed by atoms with Gasteiger partial charge >= 0.3 is 5.97 Å². The first-order valence-electron chi connectivity index (χ1n) is 5.59. The summed E-state index contributed by atoms with van der Waals surface area (Å²) in [7, 11) is 3.00. The Kier molecular flexibility index (Phi) is 3.37. The standard InChI is InChI=1S/C12H14N4O3/c1-7-5-13-10(14-7)11(17)15-8-4-9(12(18)19-3)16(2)6-8/h4-6H,1-3H3,(H,13,14)(H,15,17). The van der Waals surface area contributed by atoms with Gasteiger partial charge in [-0.2, -0.15) is 0 Å². The Labute approximate surface area is 109 Å². The van der Waals surface area contributed by atoms with E-state index in [-0.39, 0.29) is 11.7 Å². The average Bonchev–Trinajstić information content (AvgIpc) is 2.95. The number of rotatable bonds is 3. The molecular weight excluding hydrogens is 248 g/mol. The normalized spacial score (nSPS) is 10.3. The van der Waals surface area contributed by atoms with E-state index in [1.54, 1.807) is 37.0 Å². The fraction of sp³-hybridized carbons (Fsp3) is 0.250. The first-order valence-corrected chi connectivity index (χ1v) is 5.59. The van der Waals surface area contributed by atoms with Crippen LogP contribution in [0.3, 0.4) is 0 Å². The number of imidazole rings is 1. The van der Waals surface area contributed by atoms with Crippen molar-refractivity contribution in [2.45, 2.75) is 6.92 Å². The van der Waals surface area contributed by atoms with Crippen LogP contribution in [-0.2, 0) is 11.8 Å². The van der Waals surface area contributed by atoms with Gasteiger partial charge in [-0.05, 0) is 13.0 Å². The molecule has 2 aromatic rings. The molecule has 0 aromatic carbocycles. The Balaban J connectivity index is 2.16. The predicted molar refractivity (Wildman–Crippen MR) is 68.0 cm³/mol. The Morgan fingerprint density at radius 2 is 2.21 bits per heavy atom. The van der Waals surface area contributed by atoms with Gasteiger partial charge in [0.25, 0.3) is 5.91 Å². The van der Waals surface area contributed by atoms with Crippen molar-refractivity contribution in [1.82, 2.24) is 14.5 Å². The van der Waals surface area contributed by atoms with Crippen molar-refractivity contribution in [3.63, 3.8) is 0 Å². The molecule has 1 amide bonds. The molecule has 0 aliphatic carbocycles. The highest BCUT2D eigenvalue weighted by atomic mass is 16.5. The molecule has 0 unspecified atom stereocenters. The van der Waals surface area contributed by atoms with Gasteiger partial charge in [0.05, 0.1) is 18.5 Å². The Morgan fingerprint density at radius 3 is 2.79 bits per heavy atom. The van der Waals surface area contributed by atoms with E-state index in [0.29, 0.717) is 11.4 Å². The Bertz CT molecular complexity index is 627. The first kappa shape index (κ1) is 12.9. The zero-order chi connectivity index (χ0) is 14.0. The number of aromatic amines is 1. The number of nitrogens with one attached hydrogen (secondary N) is 2. The minimum atomic E-state index is -0.461. The maximum atomic E-state index is 11.9. The van der Waals surface area contributed by atoms with E-state index >= 15 is 0 Å². The van der Waals surface area contributed by atoms with E-state index in [2.05, 4.69) is 20.0 Å². The highest BCUT2D eigenvalue weighted by Gasteiger charge is 2.15. The van der Waals surface area contributed by atoms with Crippen LogP contribution in [0.1, 0.15) is 26.8 Å². The highest BCUT2D eigenvalue weighted by molar-refractivity contribution is 6.02. The van der Waals surface area contributed by atoms with Crippen molar-refractivity contribution in [2.75, 3.05) is 12.4 Å². The minimum Gasteiger partial charge on any atom is -0.464 e. The summed E-state index contributed by atoms with van der Waals surface area (Å²) in [6, 6.07) is 1.54. The molecule has 0 saturated heterocycles. The molecule has 0 aliphatic heterocycles. The molecule has 2 N–H and O–H groups in total. The number of aromatic nitrogens is 3. The minimum absolute atomic E-state index is 0.223. The molecule has 0 radical (unpaired) electrons. The van der Waals surface area contributed by atoms with Crippen LogP contribution in [-0.4, -0.2) is 33.5 Å². The molecule has 0 aliphatic rings.